The first-order chi connectivity index (χ1) is 13.2. The van der Waals surface area contributed by atoms with Crippen molar-refractivity contribution in [3.8, 4) is 22.4 Å². The van der Waals surface area contributed by atoms with E-state index in [2.05, 4.69) is 5.32 Å². The molecule has 27 heavy (non-hydrogen) atoms. The zero-order valence-electron chi connectivity index (χ0n) is 14.7. The fourth-order valence-electron chi connectivity index (χ4n) is 3.26. The largest absolute Gasteiger partial charge is 0.388 e. The van der Waals surface area contributed by atoms with Gasteiger partial charge in [0.1, 0.15) is 5.82 Å². The minimum absolute atomic E-state index is 0.291. The first kappa shape index (κ1) is 16.9. The molecule has 0 spiro atoms. The second-order valence-electron chi connectivity index (χ2n) is 6.25. The van der Waals surface area contributed by atoms with E-state index in [1.165, 1.54) is 12.1 Å². The van der Waals surface area contributed by atoms with Crippen LogP contribution in [0.1, 0.15) is 10.4 Å². The Morgan fingerprint density at radius 2 is 1.78 bits per heavy atom. The Balaban J connectivity index is 1.90. The number of nitrogens with one attached hydrogen (secondary N) is 1. The summed E-state index contributed by atoms with van der Waals surface area (Å²) >= 11 is 0. The van der Waals surface area contributed by atoms with E-state index in [1.807, 2.05) is 55.6 Å². The van der Waals surface area contributed by atoms with Crippen molar-refractivity contribution in [1.82, 2.24) is 4.98 Å². The first-order valence-corrected chi connectivity index (χ1v) is 8.62. The smallest absolute Gasteiger partial charge is 0.150 e. The number of hydrogen-bond donors (Lipinski definition) is 1. The zero-order valence-corrected chi connectivity index (χ0v) is 14.7. The van der Waals surface area contributed by atoms with E-state index >= 15 is 0 Å². The number of nitrogens with zero attached hydrogens (tertiary/aromatic N) is 1. The lowest BCUT2D eigenvalue weighted by atomic mass is 9.98. The van der Waals surface area contributed by atoms with Gasteiger partial charge in [0.15, 0.2) is 6.29 Å². The van der Waals surface area contributed by atoms with Crippen LogP contribution >= 0.6 is 0 Å². The summed E-state index contributed by atoms with van der Waals surface area (Å²) in [7, 11) is 1.84. The number of fused-ring (bicyclic) bond motifs is 1. The lowest BCUT2D eigenvalue weighted by Crippen LogP contribution is -1.95. The van der Waals surface area contributed by atoms with E-state index < -0.39 is 0 Å². The van der Waals surface area contributed by atoms with E-state index in [0.717, 1.165) is 39.6 Å². The number of carbonyl (C=O) groups is 1. The molecule has 4 rings (SSSR count). The lowest BCUT2D eigenvalue weighted by molar-refractivity contribution is 0.112. The van der Waals surface area contributed by atoms with Crippen molar-refractivity contribution < 1.29 is 9.18 Å². The highest BCUT2D eigenvalue weighted by Crippen LogP contribution is 2.32. The quantitative estimate of drug-likeness (QED) is 0.487. The van der Waals surface area contributed by atoms with Gasteiger partial charge in [0.05, 0.1) is 11.2 Å². The van der Waals surface area contributed by atoms with Crippen LogP contribution in [0.2, 0.25) is 0 Å². The lowest BCUT2D eigenvalue weighted by Gasteiger charge is -2.12. The third kappa shape index (κ3) is 3.17. The maximum absolute atomic E-state index is 13.6. The predicted octanol–water partition coefficient (Wildman–Crippen LogP) is 5.56. The molecular weight excluding hydrogens is 339 g/mol. The first-order valence-electron chi connectivity index (χ1n) is 8.62. The van der Waals surface area contributed by atoms with Crippen LogP contribution < -0.4 is 5.32 Å². The molecule has 0 saturated heterocycles. The topological polar surface area (TPSA) is 42.0 Å². The third-order valence-electron chi connectivity index (χ3n) is 4.60. The minimum Gasteiger partial charge on any atom is -0.388 e. The highest BCUT2D eigenvalue weighted by Gasteiger charge is 2.10. The van der Waals surface area contributed by atoms with E-state index in [9.17, 15) is 9.18 Å². The van der Waals surface area contributed by atoms with Gasteiger partial charge in [-0.3, -0.25) is 4.79 Å². The molecule has 132 valence electrons. The van der Waals surface area contributed by atoms with Crippen LogP contribution in [0.3, 0.4) is 0 Å². The van der Waals surface area contributed by atoms with Gasteiger partial charge in [-0.15, -0.1) is 0 Å². The molecular formula is C23H17FN2O. The number of aldehydes is 1. The normalized spacial score (nSPS) is 10.7. The van der Waals surface area contributed by atoms with Gasteiger partial charge in [-0.25, -0.2) is 9.37 Å². The number of halogens is 1. The fraction of sp³-hybridized carbons (Fsp3) is 0.0435. The molecule has 1 N–H and O–H groups in total. The Bertz CT molecular complexity index is 1150. The molecule has 0 radical (unpaired) electrons. The van der Waals surface area contributed by atoms with Crippen LogP contribution in [-0.4, -0.2) is 18.3 Å². The van der Waals surface area contributed by atoms with Crippen molar-refractivity contribution in [2.45, 2.75) is 0 Å². The molecule has 0 unspecified atom stereocenters. The van der Waals surface area contributed by atoms with Crippen molar-refractivity contribution in [1.29, 1.82) is 0 Å². The summed E-state index contributed by atoms with van der Waals surface area (Å²) in [6.07, 6.45) is 0.865. The summed E-state index contributed by atoms with van der Waals surface area (Å²) in [4.78, 5) is 16.1. The Morgan fingerprint density at radius 1 is 0.926 bits per heavy atom. The monoisotopic (exact) mass is 356 g/mol. The summed E-state index contributed by atoms with van der Waals surface area (Å²) in [5, 5.41) is 4.14. The van der Waals surface area contributed by atoms with Gasteiger partial charge >= 0.3 is 0 Å². The van der Waals surface area contributed by atoms with Crippen LogP contribution in [0.25, 0.3) is 33.3 Å². The van der Waals surface area contributed by atoms with Crippen molar-refractivity contribution in [2.75, 3.05) is 12.4 Å². The van der Waals surface area contributed by atoms with Crippen molar-refractivity contribution in [3.05, 3.63) is 84.2 Å². The van der Waals surface area contributed by atoms with Crippen molar-refractivity contribution in [2.24, 2.45) is 0 Å². The Hall–Kier alpha value is -3.53. The van der Waals surface area contributed by atoms with Gasteiger partial charge in [-0.05, 0) is 41.5 Å². The van der Waals surface area contributed by atoms with Gasteiger partial charge in [-0.1, -0.05) is 42.5 Å². The van der Waals surface area contributed by atoms with Gasteiger partial charge in [0.25, 0.3) is 0 Å². The molecule has 0 saturated carbocycles. The maximum Gasteiger partial charge on any atom is 0.150 e. The number of benzene rings is 3. The second kappa shape index (κ2) is 7.00. The molecule has 1 heterocycles. The van der Waals surface area contributed by atoms with Crippen LogP contribution in [0.4, 0.5) is 10.1 Å². The zero-order chi connectivity index (χ0) is 18.8. The molecule has 4 aromatic rings. The van der Waals surface area contributed by atoms with Gasteiger partial charge in [-0.2, -0.15) is 0 Å². The second-order valence-corrected chi connectivity index (χ2v) is 6.25. The molecule has 0 aliphatic rings. The molecule has 1 aromatic heterocycles. The number of anilines is 1. The summed E-state index contributed by atoms with van der Waals surface area (Å²) in [5.74, 6) is -0.291. The molecule has 4 heteroatoms. The molecule has 0 atom stereocenters. The highest BCUT2D eigenvalue weighted by molar-refractivity contribution is 5.98. The SMILES string of the molecule is CNc1cc(-c2cccc(F)c2)nc2ccc(-c3ccccc3C=O)cc12. The molecule has 0 bridgehead atoms. The number of aromatic nitrogens is 1. The van der Waals surface area contributed by atoms with E-state index in [-0.39, 0.29) is 5.82 Å². The van der Waals surface area contributed by atoms with Crippen molar-refractivity contribution in [3.63, 3.8) is 0 Å². The standard InChI is InChI=1S/C23H17FN2O/c1-25-23-13-22(16-6-4-7-18(24)11-16)26-21-10-9-15(12-20(21)23)19-8-3-2-5-17(19)14-27/h2-14H,1H3,(H,25,26). The van der Waals surface area contributed by atoms with Crippen LogP contribution in [0, 0.1) is 5.82 Å². The van der Waals surface area contributed by atoms with Gasteiger partial charge in [0.2, 0.25) is 0 Å². The molecule has 0 fully saturated rings. The summed E-state index contributed by atoms with van der Waals surface area (Å²) < 4.78 is 13.6. The molecule has 0 aliphatic heterocycles. The van der Waals surface area contributed by atoms with Gasteiger partial charge < -0.3 is 5.32 Å². The molecule has 3 nitrogen and oxygen atoms in total. The van der Waals surface area contributed by atoms with E-state index in [1.54, 1.807) is 12.1 Å². The summed E-state index contributed by atoms with van der Waals surface area (Å²) in [6, 6.07) is 21.7. The van der Waals surface area contributed by atoms with E-state index in [0.29, 0.717) is 11.3 Å². The highest BCUT2D eigenvalue weighted by atomic mass is 19.1. The average molecular weight is 356 g/mol. The predicted molar refractivity (Wildman–Crippen MR) is 108 cm³/mol. The number of rotatable bonds is 4. The molecule has 0 amide bonds. The maximum atomic E-state index is 13.6. The molecule has 0 aliphatic carbocycles. The number of pyridine rings is 1. The summed E-state index contributed by atoms with van der Waals surface area (Å²) in [5.41, 5.74) is 5.59. The minimum atomic E-state index is -0.291. The van der Waals surface area contributed by atoms with Crippen LogP contribution in [-0.2, 0) is 0 Å². The van der Waals surface area contributed by atoms with Gasteiger partial charge in [0, 0.05) is 29.2 Å². The average Bonchev–Trinajstić information content (AvgIpc) is 2.72. The number of hydrogen-bond acceptors (Lipinski definition) is 3. The van der Waals surface area contributed by atoms with Crippen LogP contribution in [0.15, 0.2) is 72.8 Å². The van der Waals surface area contributed by atoms with Crippen molar-refractivity contribution >= 4 is 22.9 Å². The fourth-order valence-corrected chi connectivity index (χ4v) is 3.26. The number of carbonyl (C=O) groups excluding carboxylic acids is 1. The van der Waals surface area contributed by atoms with E-state index in [4.69, 9.17) is 4.98 Å². The summed E-state index contributed by atoms with van der Waals surface area (Å²) in [6.45, 7) is 0. The Labute approximate surface area is 156 Å². The van der Waals surface area contributed by atoms with Crippen LogP contribution in [0.5, 0.6) is 0 Å². The molecule has 3 aromatic carbocycles. The Kier molecular flexibility index (Phi) is 4.38. The third-order valence-corrected chi connectivity index (χ3v) is 4.60. The Morgan fingerprint density at radius 3 is 2.56 bits per heavy atom.